The van der Waals surface area contributed by atoms with Crippen molar-refractivity contribution in [2.75, 3.05) is 50.8 Å². The van der Waals surface area contributed by atoms with Crippen LogP contribution >= 0.6 is 0 Å². The number of benzene rings is 1. The van der Waals surface area contributed by atoms with E-state index in [1.54, 1.807) is 6.07 Å². The summed E-state index contributed by atoms with van der Waals surface area (Å²) in [4.78, 5) is 6.62. The molecule has 1 atom stereocenters. The first-order chi connectivity index (χ1) is 14.1. The predicted molar refractivity (Wildman–Crippen MR) is 114 cm³/mol. The molecule has 0 bridgehead atoms. The number of hydrogen-bond donors (Lipinski definition) is 2. The van der Waals surface area contributed by atoms with Crippen LogP contribution in [0.15, 0.2) is 18.2 Å². The number of anilines is 2. The maximum Gasteiger partial charge on any atom is 0.245 e. The lowest BCUT2D eigenvalue weighted by atomic mass is 10.1. The molecular weight excluding hydrogens is 368 g/mol. The number of terminal acetylenes is 1. The van der Waals surface area contributed by atoms with E-state index in [0.29, 0.717) is 35.9 Å². The summed E-state index contributed by atoms with van der Waals surface area (Å²) in [5.41, 5.74) is 2.10. The van der Waals surface area contributed by atoms with E-state index in [4.69, 9.17) is 20.9 Å². The smallest absolute Gasteiger partial charge is 0.245 e. The molecule has 0 amide bonds. The minimum atomic E-state index is 0.129. The Morgan fingerprint density at radius 1 is 1.34 bits per heavy atom. The van der Waals surface area contributed by atoms with Crippen molar-refractivity contribution < 1.29 is 9.47 Å². The molecule has 8 nitrogen and oxygen atoms in total. The van der Waals surface area contributed by atoms with Crippen molar-refractivity contribution in [2.24, 2.45) is 0 Å². The third-order valence-corrected chi connectivity index (χ3v) is 4.63. The van der Waals surface area contributed by atoms with Crippen LogP contribution in [0.25, 0.3) is 11.3 Å². The molecule has 0 aliphatic carbocycles. The average Bonchev–Trinajstić information content (AvgIpc) is 2.74. The third-order valence-electron chi connectivity index (χ3n) is 4.63. The van der Waals surface area contributed by atoms with Gasteiger partial charge < -0.3 is 25.0 Å². The van der Waals surface area contributed by atoms with Crippen LogP contribution in [-0.4, -0.2) is 61.8 Å². The molecule has 0 unspecified atom stereocenters. The second-order valence-corrected chi connectivity index (χ2v) is 7.00. The molecule has 154 valence electrons. The SMILES string of the molecule is C#Cc1ccc(-c2nnc(N[C@@H]3CCCNC3)nc2N(C)C)c(OCOCC)c1. The van der Waals surface area contributed by atoms with Gasteiger partial charge in [0.15, 0.2) is 12.6 Å². The normalized spacial score (nSPS) is 16.1. The van der Waals surface area contributed by atoms with Crippen molar-refractivity contribution in [3.05, 3.63) is 23.8 Å². The summed E-state index contributed by atoms with van der Waals surface area (Å²) in [6.45, 7) is 4.55. The fourth-order valence-corrected chi connectivity index (χ4v) is 3.14. The zero-order chi connectivity index (χ0) is 20.6. The van der Waals surface area contributed by atoms with Crippen LogP contribution in [-0.2, 0) is 4.74 Å². The molecule has 0 radical (unpaired) electrons. The van der Waals surface area contributed by atoms with Gasteiger partial charge in [-0.25, -0.2) is 0 Å². The van der Waals surface area contributed by atoms with Crippen LogP contribution in [0.5, 0.6) is 5.75 Å². The van der Waals surface area contributed by atoms with Crippen molar-refractivity contribution in [3.63, 3.8) is 0 Å². The first kappa shape index (κ1) is 20.8. The van der Waals surface area contributed by atoms with Gasteiger partial charge in [-0.15, -0.1) is 16.6 Å². The molecule has 2 aromatic rings. The van der Waals surface area contributed by atoms with Crippen molar-refractivity contribution in [1.29, 1.82) is 0 Å². The summed E-state index contributed by atoms with van der Waals surface area (Å²) in [7, 11) is 3.85. The third kappa shape index (κ3) is 5.34. The predicted octanol–water partition coefficient (Wildman–Crippen LogP) is 2.12. The molecule has 1 aliphatic rings. The lowest BCUT2D eigenvalue weighted by Crippen LogP contribution is -2.39. The van der Waals surface area contributed by atoms with E-state index >= 15 is 0 Å². The lowest BCUT2D eigenvalue weighted by molar-refractivity contribution is 0.0227. The van der Waals surface area contributed by atoms with Crippen LogP contribution in [0.1, 0.15) is 25.3 Å². The number of piperidine rings is 1. The topological polar surface area (TPSA) is 84.4 Å². The highest BCUT2D eigenvalue weighted by Crippen LogP contribution is 2.34. The van der Waals surface area contributed by atoms with Gasteiger partial charge >= 0.3 is 0 Å². The minimum Gasteiger partial charge on any atom is -0.467 e. The summed E-state index contributed by atoms with van der Waals surface area (Å²) in [5, 5.41) is 15.5. The van der Waals surface area contributed by atoms with Crippen LogP contribution in [0.2, 0.25) is 0 Å². The number of ether oxygens (including phenoxy) is 2. The highest BCUT2D eigenvalue weighted by Gasteiger charge is 2.20. The van der Waals surface area contributed by atoms with Gasteiger partial charge in [-0.2, -0.15) is 4.98 Å². The summed E-state index contributed by atoms with van der Waals surface area (Å²) >= 11 is 0. The molecule has 1 aliphatic heterocycles. The second-order valence-electron chi connectivity index (χ2n) is 7.00. The summed E-state index contributed by atoms with van der Waals surface area (Å²) in [6.07, 6.45) is 7.76. The van der Waals surface area contributed by atoms with Crippen LogP contribution in [0, 0.1) is 12.3 Å². The molecule has 0 spiro atoms. The lowest BCUT2D eigenvalue weighted by Gasteiger charge is -2.24. The molecule has 1 saturated heterocycles. The number of aromatic nitrogens is 3. The Hall–Kier alpha value is -2.89. The highest BCUT2D eigenvalue weighted by atomic mass is 16.7. The van der Waals surface area contributed by atoms with Crippen molar-refractivity contribution in [3.8, 4) is 29.4 Å². The summed E-state index contributed by atoms with van der Waals surface area (Å²) in [6, 6.07) is 5.83. The molecule has 2 heterocycles. The molecule has 0 saturated carbocycles. The maximum absolute atomic E-state index is 5.81. The van der Waals surface area contributed by atoms with Crippen LogP contribution < -0.4 is 20.3 Å². The highest BCUT2D eigenvalue weighted by molar-refractivity contribution is 5.77. The van der Waals surface area contributed by atoms with E-state index in [0.717, 1.165) is 37.1 Å². The van der Waals surface area contributed by atoms with E-state index in [2.05, 4.69) is 26.8 Å². The Kier molecular flexibility index (Phi) is 7.22. The minimum absolute atomic E-state index is 0.129. The van der Waals surface area contributed by atoms with E-state index in [1.807, 2.05) is 38.1 Å². The zero-order valence-electron chi connectivity index (χ0n) is 17.2. The van der Waals surface area contributed by atoms with Crippen LogP contribution in [0.4, 0.5) is 11.8 Å². The van der Waals surface area contributed by atoms with Crippen molar-refractivity contribution in [2.45, 2.75) is 25.8 Å². The number of rotatable bonds is 8. The number of hydrogen-bond acceptors (Lipinski definition) is 8. The molecular formula is C21H28N6O2. The van der Waals surface area contributed by atoms with Gasteiger partial charge in [0.05, 0.1) is 0 Å². The maximum atomic E-state index is 5.81. The first-order valence-corrected chi connectivity index (χ1v) is 9.83. The van der Waals surface area contributed by atoms with Crippen LogP contribution in [0.3, 0.4) is 0 Å². The Bertz CT molecular complexity index is 859. The Morgan fingerprint density at radius 3 is 2.90 bits per heavy atom. The van der Waals surface area contributed by atoms with Gasteiger partial charge in [-0.05, 0) is 44.5 Å². The largest absolute Gasteiger partial charge is 0.467 e. The van der Waals surface area contributed by atoms with Gasteiger partial charge in [-0.3, -0.25) is 0 Å². The van der Waals surface area contributed by atoms with Gasteiger partial charge in [0.2, 0.25) is 5.95 Å². The molecule has 2 N–H and O–H groups in total. The summed E-state index contributed by atoms with van der Waals surface area (Å²) < 4.78 is 11.1. The average molecular weight is 396 g/mol. The molecule has 3 rings (SSSR count). The van der Waals surface area contributed by atoms with Gasteiger partial charge in [0.25, 0.3) is 0 Å². The van der Waals surface area contributed by atoms with Crippen molar-refractivity contribution >= 4 is 11.8 Å². The molecule has 8 heteroatoms. The van der Waals surface area contributed by atoms with E-state index in [9.17, 15) is 0 Å². The van der Waals surface area contributed by atoms with Gasteiger partial charge in [0, 0.05) is 44.4 Å². The van der Waals surface area contributed by atoms with Crippen molar-refractivity contribution in [1.82, 2.24) is 20.5 Å². The second kappa shape index (κ2) is 10.0. The zero-order valence-corrected chi connectivity index (χ0v) is 17.2. The van der Waals surface area contributed by atoms with E-state index < -0.39 is 0 Å². The molecule has 1 aromatic carbocycles. The van der Waals surface area contributed by atoms with Gasteiger partial charge in [0.1, 0.15) is 11.4 Å². The Morgan fingerprint density at radius 2 is 2.21 bits per heavy atom. The molecule has 1 aromatic heterocycles. The first-order valence-electron chi connectivity index (χ1n) is 9.83. The Labute approximate surface area is 172 Å². The number of nitrogens with one attached hydrogen (secondary N) is 2. The monoisotopic (exact) mass is 396 g/mol. The van der Waals surface area contributed by atoms with E-state index in [1.165, 1.54) is 0 Å². The molecule has 29 heavy (non-hydrogen) atoms. The quantitative estimate of drug-likeness (QED) is 0.399. The molecule has 1 fully saturated rings. The fourth-order valence-electron chi connectivity index (χ4n) is 3.14. The standard InChI is InChI=1S/C21H28N6O2/c1-5-15-9-10-17(18(12-15)29-14-28-6-2)19-20(27(3)4)24-21(26-25-19)23-16-8-7-11-22-13-16/h1,9-10,12,16,22H,6-8,11,13-14H2,2-4H3,(H,23,24,26)/t16-/m1/s1. The number of nitrogens with zero attached hydrogens (tertiary/aromatic N) is 4. The fraction of sp³-hybridized carbons (Fsp3) is 0.476. The van der Waals surface area contributed by atoms with E-state index in [-0.39, 0.29) is 6.79 Å². The summed E-state index contributed by atoms with van der Waals surface area (Å²) in [5.74, 6) is 4.43. The Balaban J connectivity index is 1.93. The van der Waals surface area contributed by atoms with Gasteiger partial charge in [-0.1, -0.05) is 5.92 Å².